The van der Waals surface area contributed by atoms with Crippen LogP contribution in [0.15, 0.2) is 23.6 Å². The number of ether oxygens (including phenoxy) is 1. The summed E-state index contributed by atoms with van der Waals surface area (Å²) in [5.74, 6) is 0.554. The summed E-state index contributed by atoms with van der Waals surface area (Å²) in [6.45, 7) is 4.21. The van der Waals surface area contributed by atoms with Crippen molar-refractivity contribution in [2.24, 2.45) is 0 Å². The Hall–Kier alpha value is -2.36. The summed E-state index contributed by atoms with van der Waals surface area (Å²) in [5, 5.41) is 25.0. The number of phenols is 1. The second-order valence-electron chi connectivity index (χ2n) is 7.29. The molecule has 3 heterocycles. The van der Waals surface area contributed by atoms with Crippen molar-refractivity contribution in [1.82, 2.24) is 20.1 Å². The lowest BCUT2D eigenvalue weighted by Gasteiger charge is -2.34. The average molecular weight is 418 g/mol. The van der Waals surface area contributed by atoms with Crippen molar-refractivity contribution in [3.63, 3.8) is 0 Å². The molecule has 29 heavy (non-hydrogen) atoms. The van der Waals surface area contributed by atoms with Crippen LogP contribution >= 0.6 is 11.3 Å². The number of halogens is 1. The van der Waals surface area contributed by atoms with Crippen LogP contribution in [0.3, 0.4) is 0 Å². The molecule has 1 fully saturated rings. The normalized spacial score (nSPS) is 20.2. The second kappa shape index (κ2) is 8.56. The first kappa shape index (κ1) is 19.9. The highest BCUT2D eigenvalue weighted by atomic mass is 32.1. The Bertz CT molecular complexity index is 998. The molecule has 3 aromatic rings. The third-order valence-corrected chi connectivity index (χ3v) is 6.03. The largest absolute Gasteiger partial charge is 0.507 e. The van der Waals surface area contributed by atoms with Crippen LogP contribution in [-0.2, 0) is 4.74 Å². The van der Waals surface area contributed by atoms with Gasteiger partial charge in [-0.1, -0.05) is 0 Å². The second-order valence-corrected chi connectivity index (χ2v) is 8.24. The Morgan fingerprint density at radius 3 is 2.97 bits per heavy atom. The average Bonchev–Trinajstić information content (AvgIpc) is 3.17. The van der Waals surface area contributed by atoms with Gasteiger partial charge in [-0.2, -0.15) is 0 Å². The maximum absolute atomic E-state index is 14.1. The molecule has 1 aromatic carbocycles. The van der Waals surface area contributed by atoms with Crippen LogP contribution in [0.25, 0.3) is 21.3 Å². The lowest BCUT2D eigenvalue weighted by molar-refractivity contribution is 0.0930. The van der Waals surface area contributed by atoms with Crippen LogP contribution in [0.1, 0.15) is 12.1 Å². The summed E-state index contributed by atoms with van der Waals surface area (Å²) in [5.41, 5.74) is 1.79. The zero-order chi connectivity index (χ0) is 20.4. The van der Waals surface area contributed by atoms with Gasteiger partial charge in [0.1, 0.15) is 17.6 Å². The number of benzene rings is 1. The summed E-state index contributed by atoms with van der Waals surface area (Å²) in [6.07, 6.45) is -0.496. The summed E-state index contributed by atoms with van der Waals surface area (Å²) < 4.78 is 20.2. The molecule has 2 aromatic heterocycles. The van der Waals surface area contributed by atoms with Gasteiger partial charge >= 0.3 is 0 Å². The minimum atomic E-state index is -0.902. The molecule has 1 aliphatic rings. The van der Waals surface area contributed by atoms with Gasteiger partial charge in [0, 0.05) is 54.9 Å². The molecule has 1 saturated heterocycles. The number of aromatic nitrogens is 3. The molecule has 154 valence electrons. The Kier molecular flexibility index (Phi) is 5.89. The molecule has 0 saturated carbocycles. The first-order chi connectivity index (χ1) is 14.0. The highest BCUT2D eigenvalue weighted by Crippen LogP contribution is 2.37. The van der Waals surface area contributed by atoms with E-state index in [-0.39, 0.29) is 11.8 Å². The standard InChI is InChI=1S/C20H24FN5O2S/c1-12-18(16-3-4-17-15(19(16)27)5-8-29-17)24-25-20(22-12)23-14-9-13(21)10-26(11-14)6-7-28-2/h3-5,8,13-14,27H,6-7,9-11H2,1-2H3,(H,22,23,25)/t13-,14-/m1/s1. The molecule has 0 amide bonds. The maximum Gasteiger partial charge on any atom is 0.243 e. The van der Waals surface area contributed by atoms with Crippen LogP contribution in [0.2, 0.25) is 0 Å². The van der Waals surface area contributed by atoms with Crippen molar-refractivity contribution in [1.29, 1.82) is 0 Å². The predicted octanol–water partition coefficient (Wildman–Crippen LogP) is 3.24. The number of methoxy groups -OCH3 is 1. The van der Waals surface area contributed by atoms with Crippen LogP contribution in [0.5, 0.6) is 5.75 Å². The minimum Gasteiger partial charge on any atom is -0.507 e. The van der Waals surface area contributed by atoms with Crippen molar-refractivity contribution in [3.8, 4) is 17.0 Å². The Morgan fingerprint density at radius 1 is 1.31 bits per heavy atom. The highest BCUT2D eigenvalue weighted by Gasteiger charge is 2.27. The molecule has 1 aliphatic heterocycles. The smallest absolute Gasteiger partial charge is 0.243 e. The number of nitrogens with one attached hydrogen (secondary N) is 1. The molecular weight excluding hydrogens is 393 g/mol. The van der Waals surface area contributed by atoms with E-state index in [4.69, 9.17) is 4.74 Å². The predicted molar refractivity (Wildman–Crippen MR) is 112 cm³/mol. The molecule has 2 atom stereocenters. The molecule has 0 unspecified atom stereocenters. The van der Waals surface area contributed by atoms with Gasteiger partial charge in [0.05, 0.1) is 12.3 Å². The number of thiophene rings is 1. The first-order valence-corrected chi connectivity index (χ1v) is 10.5. The monoisotopic (exact) mass is 417 g/mol. The molecule has 0 bridgehead atoms. The third-order valence-electron chi connectivity index (χ3n) is 5.14. The number of rotatable bonds is 6. The van der Waals surface area contributed by atoms with E-state index in [1.54, 1.807) is 18.4 Å². The number of anilines is 1. The van der Waals surface area contributed by atoms with E-state index in [1.165, 1.54) is 0 Å². The Labute approximate surface area is 172 Å². The van der Waals surface area contributed by atoms with E-state index in [0.717, 1.165) is 10.1 Å². The van der Waals surface area contributed by atoms with Gasteiger partial charge in [-0.3, -0.25) is 4.90 Å². The SMILES string of the molecule is COCCN1C[C@H](F)C[C@@H](Nc2nnc(-c3ccc4sccc4c3O)c(C)n2)C1. The van der Waals surface area contributed by atoms with Crippen LogP contribution in [0, 0.1) is 6.92 Å². The summed E-state index contributed by atoms with van der Waals surface area (Å²) in [6, 6.07) is 5.58. The maximum atomic E-state index is 14.1. The number of nitrogens with zero attached hydrogens (tertiary/aromatic N) is 4. The van der Waals surface area contributed by atoms with E-state index in [0.29, 0.717) is 55.6 Å². The number of phenolic OH excluding ortho intramolecular Hbond substituents is 1. The molecule has 0 radical (unpaired) electrons. The summed E-state index contributed by atoms with van der Waals surface area (Å²) in [4.78, 5) is 6.55. The van der Waals surface area contributed by atoms with Crippen molar-refractivity contribution < 1.29 is 14.2 Å². The highest BCUT2D eigenvalue weighted by molar-refractivity contribution is 7.17. The van der Waals surface area contributed by atoms with Crippen molar-refractivity contribution in [2.75, 3.05) is 38.7 Å². The zero-order valence-corrected chi connectivity index (χ0v) is 17.2. The minimum absolute atomic E-state index is 0.0989. The van der Waals surface area contributed by atoms with Crippen LogP contribution < -0.4 is 5.32 Å². The molecule has 0 spiro atoms. The van der Waals surface area contributed by atoms with Gasteiger partial charge in [-0.25, -0.2) is 9.37 Å². The topological polar surface area (TPSA) is 83.4 Å². The van der Waals surface area contributed by atoms with E-state index in [9.17, 15) is 9.50 Å². The molecule has 7 nitrogen and oxygen atoms in total. The van der Waals surface area contributed by atoms with Crippen LogP contribution in [0.4, 0.5) is 10.3 Å². The van der Waals surface area contributed by atoms with Crippen molar-refractivity contribution >= 4 is 27.4 Å². The first-order valence-electron chi connectivity index (χ1n) is 9.58. The molecule has 2 N–H and O–H groups in total. The quantitative estimate of drug-likeness (QED) is 0.637. The number of hydrogen-bond acceptors (Lipinski definition) is 8. The van der Waals surface area contributed by atoms with E-state index < -0.39 is 6.17 Å². The van der Waals surface area contributed by atoms with Gasteiger partial charge in [0.25, 0.3) is 0 Å². The zero-order valence-electron chi connectivity index (χ0n) is 16.4. The Morgan fingerprint density at radius 2 is 2.17 bits per heavy atom. The lowest BCUT2D eigenvalue weighted by Crippen LogP contribution is -2.48. The molecule has 0 aliphatic carbocycles. The van der Waals surface area contributed by atoms with Gasteiger partial charge in [0.2, 0.25) is 5.95 Å². The Balaban J connectivity index is 1.52. The van der Waals surface area contributed by atoms with Crippen LogP contribution in [-0.4, -0.2) is 70.8 Å². The number of alkyl halides is 1. The number of hydrogen-bond donors (Lipinski definition) is 2. The van der Waals surface area contributed by atoms with E-state index in [1.807, 2.05) is 35.4 Å². The fraction of sp³-hybridized carbons (Fsp3) is 0.450. The van der Waals surface area contributed by atoms with E-state index >= 15 is 0 Å². The van der Waals surface area contributed by atoms with Crippen molar-refractivity contribution in [3.05, 3.63) is 29.3 Å². The molecule has 9 heteroatoms. The third kappa shape index (κ3) is 4.31. The van der Waals surface area contributed by atoms with Gasteiger partial charge in [-0.05, 0) is 30.5 Å². The molecular formula is C20H24FN5O2S. The lowest BCUT2D eigenvalue weighted by atomic mass is 10.0. The fourth-order valence-electron chi connectivity index (χ4n) is 3.75. The number of fused-ring (bicyclic) bond motifs is 1. The van der Waals surface area contributed by atoms with Gasteiger partial charge in [0.15, 0.2) is 0 Å². The van der Waals surface area contributed by atoms with Gasteiger partial charge in [-0.15, -0.1) is 21.5 Å². The number of likely N-dealkylation sites (tertiary alicyclic amines) is 1. The summed E-state index contributed by atoms with van der Waals surface area (Å²) >= 11 is 1.57. The van der Waals surface area contributed by atoms with E-state index in [2.05, 4.69) is 20.5 Å². The summed E-state index contributed by atoms with van der Waals surface area (Å²) in [7, 11) is 1.64. The van der Waals surface area contributed by atoms with Gasteiger partial charge < -0.3 is 15.2 Å². The number of piperidine rings is 1. The fourth-order valence-corrected chi connectivity index (χ4v) is 4.54. The molecule has 4 rings (SSSR count). The number of aromatic hydroxyl groups is 1. The number of aryl methyl sites for hydroxylation is 1. The van der Waals surface area contributed by atoms with Crippen molar-refractivity contribution in [2.45, 2.75) is 25.6 Å².